The second-order valence-electron chi connectivity index (χ2n) is 5.68. The molecular formula is C18H17N5O2. The molecule has 0 aliphatic carbocycles. The van der Waals surface area contributed by atoms with Gasteiger partial charge in [0.25, 0.3) is 5.91 Å². The minimum absolute atomic E-state index is 0.282. The lowest BCUT2D eigenvalue weighted by Gasteiger charge is -2.26. The highest BCUT2D eigenvalue weighted by Crippen LogP contribution is 2.21. The number of amides is 1. The Morgan fingerprint density at radius 2 is 1.88 bits per heavy atom. The molecule has 1 fully saturated rings. The van der Waals surface area contributed by atoms with E-state index in [1.807, 2.05) is 35.2 Å². The molecule has 0 atom stereocenters. The van der Waals surface area contributed by atoms with Crippen molar-refractivity contribution in [1.82, 2.24) is 15.0 Å². The van der Waals surface area contributed by atoms with E-state index in [9.17, 15) is 4.79 Å². The zero-order valence-corrected chi connectivity index (χ0v) is 13.6. The molecule has 0 spiro atoms. The number of nitrogens with zero attached hydrogens (tertiary/aromatic N) is 4. The third-order valence-electron chi connectivity index (χ3n) is 4.05. The molecule has 25 heavy (non-hydrogen) atoms. The molecule has 0 unspecified atom stereocenters. The van der Waals surface area contributed by atoms with Crippen molar-refractivity contribution in [3.8, 4) is 0 Å². The Morgan fingerprint density at radius 3 is 2.76 bits per heavy atom. The normalized spacial score (nSPS) is 14.5. The first kappa shape index (κ1) is 15.5. The molecule has 2 aromatic heterocycles. The predicted octanol–water partition coefficient (Wildman–Crippen LogP) is 2.11. The zero-order chi connectivity index (χ0) is 17.1. The highest BCUT2D eigenvalue weighted by atomic mass is 16.5. The van der Waals surface area contributed by atoms with Gasteiger partial charge in [0.05, 0.1) is 24.4 Å². The summed E-state index contributed by atoms with van der Waals surface area (Å²) in [4.78, 5) is 27.7. The van der Waals surface area contributed by atoms with Gasteiger partial charge in [0, 0.05) is 30.9 Å². The number of carbonyl (C=O) groups excluding carboxylic acids is 1. The average molecular weight is 335 g/mol. The van der Waals surface area contributed by atoms with Crippen LogP contribution in [0.15, 0.2) is 48.8 Å². The molecule has 0 radical (unpaired) electrons. The van der Waals surface area contributed by atoms with Crippen molar-refractivity contribution in [2.45, 2.75) is 0 Å². The van der Waals surface area contributed by atoms with Crippen molar-refractivity contribution >= 4 is 28.4 Å². The Balaban J connectivity index is 1.58. The van der Waals surface area contributed by atoms with E-state index in [-0.39, 0.29) is 5.91 Å². The van der Waals surface area contributed by atoms with E-state index in [2.05, 4.69) is 20.3 Å². The van der Waals surface area contributed by atoms with Gasteiger partial charge in [-0.15, -0.1) is 0 Å². The average Bonchev–Trinajstić information content (AvgIpc) is 2.69. The summed E-state index contributed by atoms with van der Waals surface area (Å²) in [5.41, 5.74) is 1.74. The largest absolute Gasteiger partial charge is 0.378 e. The highest BCUT2D eigenvalue weighted by molar-refractivity contribution is 6.07. The molecule has 0 bridgehead atoms. The molecule has 1 aliphatic heterocycles. The third-order valence-corrected chi connectivity index (χ3v) is 4.05. The van der Waals surface area contributed by atoms with Crippen molar-refractivity contribution in [2.24, 2.45) is 0 Å². The van der Waals surface area contributed by atoms with Crippen LogP contribution < -0.4 is 10.2 Å². The molecule has 3 heterocycles. The van der Waals surface area contributed by atoms with Gasteiger partial charge in [-0.2, -0.15) is 0 Å². The number of rotatable bonds is 3. The van der Waals surface area contributed by atoms with Gasteiger partial charge < -0.3 is 15.0 Å². The van der Waals surface area contributed by atoms with Gasteiger partial charge in [-0.25, -0.2) is 9.97 Å². The maximum atomic E-state index is 12.6. The Morgan fingerprint density at radius 1 is 1.04 bits per heavy atom. The van der Waals surface area contributed by atoms with Gasteiger partial charge in [0.15, 0.2) is 0 Å². The summed E-state index contributed by atoms with van der Waals surface area (Å²) in [6, 6.07) is 11.1. The number of ether oxygens (including phenoxy) is 1. The Labute approximate surface area is 144 Å². The summed E-state index contributed by atoms with van der Waals surface area (Å²) >= 11 is 0. The number of morpholine rings is 1. The third kappa shape index (κ3) is 3.27. The van der Waals surface area contributed by atoms with Crippen LogP contribution in [0.4, 0.5) is 11.6 Å². The van der Waals surface area contributed by atoms with Crippen LogP contribution >= 0.6 is 0 Å². The Hall–Kier alpha value is -3.06. The summed E-state index contributed by atoms with van der Waals surface area (Å²) in [6.07, 6.45) is 3.31. The van der Waals surface area contributed by atoms with Gasteiger partial charge >= 0.3 is 0 Å². The van der Waals surface area contributed by atoms with E-state index in [0.29, 0.717) is 30.5 Å². The van der Waals surface area contributed by atoms with E-state index in [1.165, 1.54) is 0 Å². The van der Waals surface area contributed by atoms with E-state index in [4.69, 9.17) is 4.74 Å². The molecule has 4 rings (SSSR count). The zero-order valence-electron chi connectivity index (χ0n) is 13.6. The molecule has 1 aromatic carbocycles. The van der Waals surface area contributed by atoms with Crippen molar-refractivity contribution in [3.63, 3.8) is 0 Å². The minimum atomic E-state index is -0.282. The fourth-order valence-corrected chi connectivity index (χ4v) is 2.78. The first-order valence-electron chi connectivity index (χ1n) is 8.12. The standard InChI is InChI=1S/C18H17N5O2/c24-17(21-14-5-1-3-13-4-2-7-19-16(13)14)15-6-8-20-18(22-15)23-9-11-25-12-10-23/h1-8H,9-12H2,(H,21,24). The van der Waals surface area contributed by atoms with E-state index in [1.54, 1.807) is 18.5 Å². The molecule has 7 nitrogen and oxygen atoms in total. The number of anilines is 2. The first-order chi connectivity index (χ1) is 12.3. The molecule has 3 aromatic rings. The van der Waals surface area contributed by atoms with E-state index >= 15 is 0 Å². The summed E-state index contributed by atoms with van der Waals surface area (Å²) in [6.45, 7) is 2.72. The van der Waals surface area contributed by atoms with Crippen LogP contribution in [0.3, 0.4) is 0 Å². The van der Waals surface area contributed by atoms with Crippen molar-refractivity contribution in [2.75, 3.05) is 36.5 Å². The van der Waals surface area contributed by atoms with Crippen LogP contribution in [-0.2, 0) is 4.74 Å². The van der Waals surface area contributed by atoms with Gasteiger partial charge in [-0.05, 0) is 18.2 Å². The van der Waals surface area contributed by atoms with Gasteiger partial charge in [0.1, 0.15) is 5.69 Å². The number of nitrogens with one attached hydrogen (secondary N) is 1. The van der Waals surface area contributed by atoms with Crippen LogP contribution in [0.25, 0.3) is 10.9 Å². The van der Waals surface area contributed by atoms with Gasteiger partial charge in [-0.1, -0.05) is 18.2 Å². The molecule has 0 saturated carbocycles. The number of benzene rings is 1. The lowest BCUT2D eigenvalue weighted by Crippen LogP contribution is -2.37. The van der Waals surface area contributed by atoms with Gasteiger partial charge in [0.2, 0.25) is 5.95 Å². The lowest BCUT2D eigenvalue weighted by molar-refractivity contribution is 0.102. The summed E-state index contributed by atoms with van der Waals surface area (Å²) < 4.78 is 5.34. The van der Waals surface area contributed by atoms with Gasteiger partial charge in [-0.3, -0.25) is 9.78 Å². The van der Waals surface area contributed by atoms with Crippen LogP contribution in [0.5, 0.6) is 0 Å². The number of aromatic nitrogens is 3. The fraction of sp³-hybridized carbons (Fsp3) is 0.222. The number of hydrogen-bond acceptors (Lipinski definition) is 6. The molecular weight excluding hydrogens is 318 g/mol. The summed E-state index contributed by atoms with van der Waals surface area (Å²) in [5.74, 6) is 0.266. The predicted molar refractivity (Wildman–Crippen MR) is 94.8 cm³/mol. The number of carbonyl (C=O) groups is 1. The molecule has 126 valence electrons. The van der Waals surface area contributed by atoms with E-state index < -0.39 is 0 Å². The summed E-state index contributed by atoms with van der Waals surface area (Å²) in [5, 5.41) is 3.87. The quantitative estimate of drug-likeness (QED) is 0.790. The maximum absolute atomic E-state index is 12.6. The Bertz CT molecular complexity index is 903. The van der Waals surface area contributed by atoms with Crippen molar-refractivity contribution < 1.29 is 9.53 Å². The Kier molecular flexibility index (Phi) is 4.22. The monoisotopic (exact) mass is 335 g/mol. The summed E-state index contributed by atoms with van der Waals surface area (Å²) in [7, 11) is 0. The molecule has 1 saturated heterocycles. The number of hydrogen-bond donors (Lipinski definition) is 1. The lowest BCUT2D eigenvalue weighted by atomic mass is 10.2. The maximum Gasteiger partial charge on any atom is 0.274 e. The fourth-order valence-electron chi connectivity index (χ4n) is 2.78. The number of para-hydroxylation sites is 1. The number of pyridine rings is 1. The van der Waals surface area contributed by atoms with Crippen molar-refractivity contribution in [1.29, 1.82) is 0 Å². The van der Waals surface area contributed by atoms with Crippen LogP contribution in [0, 0.1) is 0 Å². The van der Waals surface area contributed by atoms with E-state index in [0.717, 1.165) is 24.0 Å². The SMILES string of the molecule is O=C(Nc1cccc2cccnc12)c1ccnc(N2CCOCC2)n1. The van der Waals surface area contributed by atoms with Crippen LogP contribution in [0.1, 0.15) is 10.5 Å². The van der Waals surface area contributed by atoms with Crippen LogP contribution in [-0.4, -0.2) is 47.2 Å². The highest BCUT2D eigenvalue weighted by Gasteiger charge is 2.16. The minimum Gasteiger partial charge on any atom is -0.378 e. The molecule has 7 heteroatoms. The molecule has 1 amide bonds. The number of fused-ring (bicyclic) bond motifs is 1. The molecule has 1 N–H and O–H groups in total. The molecule has 1 aliphatic rings. The first-order valence-corrected chi connectivity index (χ1v) is 8.12. The smallest absolute Gasteiger partial charge is 0.274 e. The topological polar surface area (TPSA) is 80.2 Å². The van der Waals surface area contributed by atoms with Crippen LogP contribution in [0.2, 0.25) is 0 Å². The second kappa shape index (κ2) is 6.82. The van der Waals surface area contributed by atoms with Crippen molar-refractivity contribution in [3.05, 3.63) is 54.5 Å². The second-order valence-corrected chi connectivity index (χ2v) is 5.68.